The number of nitrogens with one attached hydrogen (secondary N) is 1. The largest absolute Gasteiger partial charge is 0.298 e. The molecule has 2 aromatic carbocycles. The number of thioether (sulfide) groups is 1. The Kier molecular flexibility index (Phi) is 5.30. The van der Waals surface area contributed by atoms with Gasteiger partial charge in [0.2, 0.25) is 0 Å². The number of hydrazone groups is 1. The monoisotopic (exact) mass is 409 g/mol. The summed E-state index contributed by atoms with van der Waals surface area (Å²) in [6.07, 6.45) is 1.51. The number of hydrogen-bond acceptors (Lipinski definition) is 7. The van der Waals surface area contributed by atoms with Crippen LogP contribution in [0.15, 0.2) is 58.6 Å². The smallest absolute Gasteiger partial charge is 0.276 e. The molecule has 0 unspecified atom stereocenters. The molecule has 0 aliphatic carbocycles. The Morgan fingerprint density at radius 3 is 2.69 bits per heavy atom. The van der Waals surface area contributed by atoms with Crippen LogP contribution in [0.2, 0.25) is 0 Å². The second-order valence-corrected chi connectivity index (χ2v) is 7.71. The van der Waals surface area contributed by atoms with Crippen molar-refractivity contribution in [1.29, 1.82) is 0 Å². The Hall–Kier alpha value is -3.20. The lowest BCUT2D eigenvalue weighted by Crippen LogP contribution is -2.50. The molecule has 8 nitrogen and oxygen atoms in total. The van der Waals surface area contributed by atoms with Crippen LogP contribution in [0.25, 0.3) is 5.70 Å². The summed E-state index contributed by atoms with van der Waals surface area (Å²) in [4.78, 5) is 28.3. The first-order valence-corrected chi connectivity index (χ1v) is 10.3. The average Bonchev–Trinajstić information content (AvgIpc) is 2.73. The second-order valence-electron chi connectivity index (χ2n) is 6.62. The van der Waals surface area contributed by atoms with Crippen molar-refractivity contribution in [2.24, 2.45) is 10.1 Å². The lowest BCUT2D eigenvalue weighted by atomic mass is 10.1. The number of benzene rings is 2. The number of hydrogen-bond donors (Lipinski definition) is 1. The van der Waals surface area contributed by atoms with Gasteiger partial charge in [0.25, 0.3) is 11.6 Å². The second kappa shape index (κ2) is 8.04. The average molecular weight is 409 g/mol. The Morgan fingerprint density at radius 2 is 1.97 bits per heavy atom. The van der Waals surface area contributed by atoms with Crippen molar-refractivity contribution in [3.8, 4) is 0 Å². The van der Waals surface area contributed by atoms with Gasteiger partial charge in [-0.05, 0) is 30.2 Å². The summed E-state index contributed by atoms with van der Waals surface area (Å²) < 4.78 is 0. The summed E-state index contributed by atoms with van der Waals surface area (Å²) in [5.74, 6) is 0.627. The number of unbranched alkanes of at least 4 members (excludes halogenated alkanes) is 1. The molecule has 0 bridgehead atoms. The molecule has 2 aliphatic rings. The quantitative estimate of drug-likeness (QED) is 0.464. The third-order valence-corrected chi connectivity index (χ3v) is 5.60. The highest BCUT2D eigenvalue weighted by atomic mass is 32.2. The molecule has 0 radical (unpaired) electrons. The zero-order valence-corrected chi connectivity index (χ0v) is 16.6. The fraction of sp³-hybridized carbons (Fsp3) is 0.250. The zero-order valence-electron chi connectivity index (χ0n) is 15.7. The number of nitro benzene ring substituents is 1. The summed E-state index contributed by atoms with van der Waals surface area (Å²) in [7, 11) is 0. The van der Waals surface area contributed by atoms with Crippen LogP contribution in [-0.2, 0) is 4.79 Å². The molecule has 0 fully saturated rings. The van der Waals surface area contributed by atoms with Crippen LogP contribution in [-0.4, -0.2) is 26.8 Å². The Balaban J connectivity index is 1.81. The molecule has 0 saturated carbocycles. The van der Waals surface area contributed by atoms with Gasteiger partial charge in [0.15, 0.2) is 11.3 Å². The third kappa shape index (κ3) is 3.73. The molecule has 4 rings (SSSR count). The number of non-ortho nitro benzene ring substituents is 1. The van der Waals surface area contributed by atoms with Gasteiger partial charge in [-0.2, -0.15) is 0 Å². The summed E-state index contributed by atoms with van der Waals surface area (Å²) in [6, 6.07) is 13.6. The molecule has 0 spiro atoms. The lowest BCUT2D eigenvalue weighted by Gasteiger charge is -2.34. The highest BCUT2D eigenvalue weighted by molar-refractivity contribution is 8.13. The summed E-state index contributed by atoms with van der Waals surface area (Å²) >= 11 is 1.50. The van der Waals surface area contributed by atoms with Gasteiger partial charge in [0.05, 0.1) is 10.3 Å². The van der Waals surface area contributed by atoms with Crippen molar-refractivity contribution in [2.75, 3.05) is 5.75 Å². The van der Waals surface area contributed by atoms with E-state index in [1.807, 2.05) is 24.3 Å². The molecular weight excluding hydrogens is 390 g/mol. The van der Waals surface area contributed by atoms with E-state index in [0.717, 1.165) is 24.2 Å². The minimum atomic E-state index is -0.575. The van der Waals surface area contributed by atoms with E-state index in [1.54, 1.807) is 17.1 Å². The number of fused-ring (bicyclic) bond motifs is 2. The van der Waals surface area contributed by atoms with Gasteiger partial charge in [0.1, 0.15) is 5.70 Å². The molecule has 148 valence electrons. The third-order valence-electron chi connectivity index (χ3n) is 4.65. The highest BCUT2D eigenvalue weighted by Crippen LogP contribution is 2.31. The van der Waals surface area contributed by atoms with Crippen LogP contribution in [0.3, 0.4) is 0 Å². The van der Waals surface area contributed by atoms with E-state index in [1.165, 1.54) is 23.9 Å². The first kappa shape index (κ1) is 19.1. The number of amidine groups is 1. The number of nitro groups is 1. The SMILES string of the molecule is CCCCSC1=NN2C(=c3ccccc3=N[C@@H]2c2ccc([N+](=O)[O-])cc2)C(=O)N1. The number of amides is 1. The topological polar surface area (TPSA) is 100 Å². The van der Waals surface area contributed by atoms with Crippen molar-refractivity contribution in [3.05, 3.63) is 74.8 Å². The maximum absolute atomic E-state index is 12.9. The van der Waals surface area contributed by atoms with Gasteiger partial charge < -0.3 is 0 Å². The molecule has 2 aromatic rings. The van der Waals surface area contributed by atoms with Crippen LogP contribution >= 0.6 is 11.8 Å². The number of nitrogens with zero attached hydrogens (tertiary/aromatic N) is 4. The van der Waals surface area contributed by atoms with Crippen LogP contribution in [0.5, 0.6) is 0 Å². The van der Waals surface area contributed by atoms with Crippen LogP contribution in [0, 0.1) is 10.1 Å². The number of carbonyl (C=O) groups is 1. The molecule has 1 N–H and O–H groups in total. The van der Waals surface area contributed by atoms with Crippen molar-refractivity contribution >= 4 is 34.2 Å². The molecule has 1 amide bonds. The summed E-state index contributed by atoms with van der Waals surface area (Å²) in [6.45, 7) is 2.11. The molecular formula is C20H19N5O3S. The van der Waals surface area contributed by atoms with E-state index in [2.05, 4.69) is 17.3 Å². The van der Waals surface area contributed by atoms with Crippen molar-refractivity contribution in [3.63, 3.8) is 0 Å². The Morgan fingerprint density at radius 1 is 1.21 bits per heavy atom. The Bertz CT molecular complexity index is 1110. The normalized spacial score (nSPS) is 17.6. The number of para-hydroxylation sites is 1. The summed E-state index contributed by atoms with van der Waals surface area (Å²) in [5.41, 5.74) is 1.16. The maximum Gasteiger partial charge on any atom is 0.276 e. The fourth-order valence-electron chi connectivity index (χ4n) is 3.19. The van der Waals surface area contributed by atoms with E-state index in [4.69, 9.17) is 4.99 Å². The number of rotatable bonds is 5. The van der Waals surface area contributed by atoms with E-state index >= 15 is 0 Å². The van der Waals surface area contributed by atoms with Crippen LogP contribution in [0.4, 0.5) is 5.69 Å². The maximum atomic E-state index is 12.9. The van der Waals surface area contributed by atoms with E-state index in [-0.39, 0.29) is 11.6 Å². The summed E-state index contributed by atoms with van der Waals surface area (Å²) in [5, 5.41) is 22.1. The lowest BCUT2D eigenvalue weighted by molar-refractivity contribution is -0.384. The Labute approximate surface area is 171 Å². The number of carbonyl (C=O) groups excluding carboxylic acids is 1. The first-order valence-electron chi connectivity index (χ1n) is 9.32. The minimum absolute atomic E-state index is 0.00450. The standard InChI is InChI=1S/C20H19N5O3S/c1-2-3-12-29-20-22-19(26)17-15-6-4-5-7-16(15)21-18(24(17)23-20)13-8-10-14(11-9-13)25(27)28/h4-11,18H,2-3,12H2,1H3,(H,22,23,26)/t18-/m0/s1. The predicted molar refractivity (Wildman–Crippen MR) is 111 cm³/mol. The fourth-order valence-corrected chi connectivity index (χ4v) is 4.13. The van der Waals surface area contributed by atoms with Crippen molar-refractivity contribution in [1.82, 2.24) is 10.3 Å². The van der Waals surface area contributed by atoms with Gasteiger partial charge in [-0.15, -0.1) is 5.10 Å². The molecule has 29 heavy (non-hydrogen) atoms. The van der Waals surface area contributed by atoms with Gasteiger partial charge in [-0.1, -0.05) is 43.3 Å². The minimum Gasteiger partial charge on any atom is -0.298 e. The van der Waals surface area contributed by atoms with Crippen LogP contribution in [0.1, 0.15) is 31.5 Å². The first-order chi connectivity index (χ1) is 14.1. The van der Waals surface area contributed by atoms with E-state index < -0.39 is 11.1 Å². The molecule has 0 saturated heterocycles. The van der Waals surface area contributed by atoms with Crippen LogP contribution < -0.4 is 15.9 Å². The predicted octanol–water partition coefficient (Wildman–Crippen LogP) is 2.27. The van der Waals surface area contributed by atoms with Gasteiger partial charge in [-0.25, -0.2) is 5.01 Å². The molecule has 2 aliphatic heterocycles. The van der Waals surface area contributed by atoms with E-state index in [0.29, 0.717) is 21.4 Å². The van der Waals surface area contributed by atoms with E-state index in [9.17, 15) is 14.9 Å². The van der Waals surface area contributed by atoms with Gasteiger partial charge >= 0.3 is 0 Å². The molecule has 2 heterocycles. The zero-order chi connectivity index (χ0) is 20.4. The van der Waals surface area contributed by atoms with Crippen molar-refractivity contribution in [2.45, 2.75) is 25.9 Å². The van der Waals surface area contributed by atoms with Crippen molar-refractivity contribution < 1.29 is 9.72 Å². The molecule has 0 aromatic heterocycles. The molecule has 9 heteroatoms. The molecule has 1 atom stereocenters. The highest BCUT2D eigenvalue weighted by Gasteiger charge is 2.34. The van der Waals surface area contributed by atoms with Gasteiger partial charge in [0, 0.05) is 23.1 Å². The van der Waals surface area contributed by atoms with Gasteiger partial charge in [-0.3, -0.25) is 25.2 Å².